The summed E-state index contributed by atoms with van der Waals surface area (Å²) >= 11 is 0. The Balaban J connectivity index is 1.88. The molecular weight excluding hydrogens is 275 g/mol. The van der Waals surface area contributed by atoms with Gasteiger partial charge in [-0.3, -0.25) is 9.59 Å². The molecule has 6 heteroatoms. The molecule has 2 N–H and O–H groups in total. The van der Waals surface area contributed by atoms with Gasteiger partial charge in [0.15, 0.2) is 5.72 Å². The van der Waals surface area contributed by atoms with Crippen molar-refractivity contribution in [2.45, 2.75) is 32.0 Å². The average Bonchev–Trinajstić information content (AvgIpc) is 2.85. The second-order valence-electron chi connectivity index (χ2n) is 4.95. The Morgan fingerprint density at radius 2 is 2.05 bits per heavy atom. The van der Waals surface area contributed by atoms with Crippen LogP contribution in [0.4, 0.5) is 4.39 Å². The molecule has 112 valence electrons. The van der Waals surface area contributed by atoms with Gasteiger partial charge in [-0.25, -0.2) is 4.39 Å². The van der Waals surface area contributed by atoms with Crippen LogP contribution in [0.2, 0.25) is 0 Å². The predicted octanol–water partition coefficient (Wildman–Crippen LogP) is 1.60. The van der Waals surface area contributed by atoms with Crippen molar-refractivity contribution in [3.05, 3.63) is 48.0 Å². The summed E-state index contributed by atoms with van der Waals surface area (Å²) in [5, 5.41) is 5.38. The molecule has 1 atom stereocenters. The zero-order chi connectivity index (χ0) is 15.3. The standard InChI is InChI=1S/C15H17FN2O3/c1-11(19)18-15(7-2-8-21-15)9-14(20)17-10-12-3-5-13(16)6-4-12/h2-6,8H,7,9-10H2,1H3,(H,17,20)(H,18,19). The summed E-state index contributed by atoms with van der Waals surface area (Å²) in [5.41, 5.74) is -0.206. The van der Waals surface area contributed by atoms with Gasteiger partial charge in [0.1, 0.15) is 5.82 Å². The molecule has 1 aliphatic rings. The molecule has 0 spiro atoms. The summed E-state index contributed by atoms with van der Waals surface area (Å²) in [4.78, 5) is 23.2. The first kappa shape index (κ1) is 15.0. The van der Waals surface area contributed by atoms with E-state index in [1.807, 2.05) is 0 Å². The Hall–Kier alpha value is -2.37. The first-order valence-electron chi connectivity index (χ1n) is 6.62. The SMILES string of the molecule is CC(=O)NC1(CC(=O)NCc2ccc(F)cc2)CC=CO1. The number of hydrogen-bond donors (Lipinski definition) is 2. The number of ether oxygens (including phenoxy) is 1. The molecule has 1 aromatic carbocycles. The van der Waals surface area contributed by atoms with Gasteiger partial charge < -0.3 is 15.4 Å². The average molecular weight is 292 g/mol. The number of halogens is 1. The number of hydrogen-bond acceptors (Lipinski definition) is 3. The lowest BCUT2D eigenvalue weighted by Gasteiger charge is -2.28. The van der Waals surface area contributed by atoms with E-state index in [0.717, 1.165) is 5.56 Å². The van der Waals surface area contributed by atoms with Crippen LogP contribution in [0.25, 0.3) is 0 Å². The van der Waals surface area contributed by atoms with Gasteiger partial charge in [0.05, 0.1) is 12.7 Å². The second-order valence-corrected chi connectivity index (χ2v) is 4.95. The van der Waals surface area contributed by atoms with Crippen molar-refractivity contribution in [1.82, 2.24) is 10.6 Å². The van der Waals surface area contributed by atoms with Gasteiger partial charge >= 0.3 is 0 Å². The molecule has 1 aromatic rings. The van der Waals surface area contributed by atoms with Crippen molar-refractivity contribution in [2.24, 2.45) is 0 Å². The van der Waals surface area contributed by atoms with E-state index < -0.39 is 5.72 Å². The van der Waals surface area contributed by atoms with Crippen molar-refractivity contribution >= 4 is 11.8 Å². The maximum atomic E-state index is 12.8. The Morgan fingerprint density at radius 3 is 2.62 bits per heavy atom. The second kappa shape index (κ2) is 6.39. The fraction of sp³-hybridized carbons (Fsp3) is 0.333. The minimum atomic E-state index is -1.00. The molecule has 1 aliphatic heterocycles. The fourth-order valence-corrected chi connectivity index (χ4v) is 2.15. The van der Waals surface area contributed by atoms with Crippen molar-refractivity contribution in [2.75, 3.05) is 0 Å². The number of benzene rings is 1. The highest BCUT2D eigenvalue weighted by Gasteiger charge is 2.36. The molecule has 2 amide bonds. The molecule has 0 bridgehead atoms. The molecule has 1 heterocycles. The van der Waals surface area contributed by atoms with Gasteiger partial charge in [-0.1, -0.05) is 12.1 Å². The van der Waals surface area contributed by atoms with Gasteiger partial charge in [0, 0.05) is 19.9 Å². The molecular formula is C15H17FN2O3. The maximum Gasteiger partial charge on any atom is 0.226 e. The van der Waals surface area contributed by atoms with Crippen LogP contribution in [-0.2, 0) is 20.9 Å². The summed E-state index contributed by atoms with van der Waals surface area (Å²) in [7, 11) is 0. The highest BCUT2D eigenvalue weighted by atomic mass is 19.1. The van der Waals surface area contributed by atoms with Crippen LogP contribution in [0, 0.1) is 5.82 Å². The van der Waals surface area contributed by atoms with E-state index in [1.54, 1.807) is 18.2 Å². The smallest absolute Gasteiger partial charge is 0.226 e. The first-order chi connectivity index (χ1) is 9.99. The third kappa shape index (κ3) is 4.30. The molecule has 0 saturated carbocycles. The van der Waals surface area contributed by atoms with Crippen molar-refractivity contribution in [1.29, 1.82) is 0 Å². The molecule has 0 saturated heterocycles. The van der Waals surface area contributed by atoms with Gasteiger partial charge in [-0.15, -0.1) is 0 Å². The largest absolute Gasteiger partial charge is 0.475 e. The summed E-state index contributed by atoms with van der Waals surface area (Å²) in [5.74, 6) is -0.832. The van der Waals surface area contributed by atoms with Crippen LogP contribution in [-0.4, -0.2) is 17.5 Å². The number of nitrogens with one attached hydrogen (secondary N) is 2. The molecule has 0 radical (unpaired) electrons. The predicted molar refractivity (Wildman–Crippen MR) is 74.3 cm³/mol. The molecule has 0 aliphatic carbocycles. The Bertz CT molecular complexity index is 547. The molecule has 0 fully saturated rings. The fourth-order valence-electron chi connectivity index (χ4n) is 2.15. The Morgan fingerprint density at radius 1 is 1.33 bits per heavy atom. The van der Waals surface area contributed by atoms with Gasteiger partial charge in [0.2, 0.25) is 11.8 Å². The third-order valence-corrected chi connectivity index (χ3v) is 3.09. The van der Waals surface area contributed by atoms with Gasteiger partial charge in [-0.2, -0.15) is 0 Å². The van der Waals surface area contributed by atoms with E-state index in [1.165, 1.54) is 25.3 Å². The zero-order valence-corrected chi connectivity index (χ0v) is 11.7. The molecule has 0 aromatic heterocycles. The van der Waals surface area contributed by atoms with Crippen LogP contribution in [0.15, 0.2) is 36.6 Å². The van der Waals surface area contributed by atoms with Crippen LogP contribution in [0.3, 0.4) is 0 Å². The lowest BCUT2D eigenvalue weighted by atomic mass is 10.1. The minimum Gasteiger partial charge on any atom is -0.475 e. The van der Waals surface area contributed by atoms with E-state index in [4.69, 9.17) is 4.74 Å². The molecule has 1 unspecified atom stereocenters. The minimum absolute atomic E-state index is 0.0147. The number of amides is 2. The Kier molecular flexibility index (Phi) is 4.57. The molecule has 5 nitrogen and oxygen atoms in total. The van der Waals surface area contributed by atoms with Gasteiger partial charge in [0.25, 0.3) is 0 Å². The number of rotatable bonds is 5. The first-order valence-corrected chi connectivity index (χ1v) is 6.62. The summed E-state index contributed by atoms with van der Waals surface area (Å²) in [6.07, 6.45) is 3.68. The van der Waals surface area contributed by atoms with Gasteiger partial charge in [-0.05, 0) is 23.8 Å². The highest BCUT2D eigenvalue weighted by Crippen LogP contribution is 2.24. The summed E-state index contributed by atoms with van der Waals surface area (Å²) in [6, 6.07) is 5.88. The van der Waals surface area contributed by atoms with Crippen LogP contribution >= 0.6 is 0 Å². The number of carbonyl (C=O) groups excluding carboxylic acids is 2. The van der Waals surface area contributed by atoms with Crippen LogP contribution in [0.1, 0.15) is 25.3 Å². The van der Waals surface area contributed by atoms with E-state index >= 15 is 0 Å². The van der Waals surface area contributed by atoms with Crippen LogP contribution < -0.4 is 10.6 Å². The lowest BCUT2D eigenvalue weighted by molar-refractivity contribution is -0.132. The number of carbonyl (C=O) groups is 2. The van der Waals surface area contributed by atoms with E-state index in [9.17, 15) is 14.0 Å². The van der Waals surface area contributed by atoms with Crippen LogP contribution in [0.5, 0.6) is 0 Å². The van der Waals surface area contributed by atoms with E-state index in [0.29, 0.717) is 13.0 Å². The van der Waals surface area contributed by atoms with Crippen molar-refractivity contribution in [3.8, 4) is 0 Å². The molecule has 2 rings (SSSR count). The van der Waals surface area contributed by atoms with E-state index in [2.05, 4.69) is 10.6 Å². The monoisotopic (exact) mass is 292 g/mol. The molecule has 21 heavy (non-hydrogen) atoms. The topological polar surface area (TPSA) is 67.4 Å². The Labute approximate surface area is 122 Å². The highest BCUT2D eigenvalue weighted by molar-refractivity contribution is 5.79. The van der Waals surface area contributed by atoms with Crippen molar-refractivity contribution in [3.63, 3.8) is 0 Å². The normalized spacial score (nSPS) is 19.9. The summed E-state index contributed by atoms with van der Waals surface area (Å²) in [6.45, 7) is 1.67. The maximum absolute atomic E-state index is 12.8. The quantitative estimate of drug-likeness (QED) is 0.866. The van der Waals surface area contributed by atoms with E-state index in [-0.39, 0.29) is 24.1 Å². The van der Waals surface area contributed by atoms with Crippen molar-refractivity contribution < 1.29 is 18.7 Å². The zero-order valence-electron chi connectivity index (χ0n) is 11.7. The summed E-state index contributed by atoms with van der Waals surface area (Å²) < 4.78 is 18.1. The third-order valence-electron chi connectivity index (χ3n) is 3.09. The lowest BCUT2D eigenvalue weighted by Crippen LogP contribution is -2.50.